The number of amides is 1. The third-order valence-electron chi connectivity index (χ3n) is 6.33. The third kappa shape index (κ3) is 3.97. The van der Waals surface area contributed by atoms with E-state index in [2.05, 4.69) is 69.6 Å². The van der Waals surface area contributed by atoms with Gasteiger partial charge in [-0.2, -0.15) is 0 Å². The lowest BCUT2D eigenvalue weighted by Crippen LogP contribution is -2.48. The topological polar surface area (TPSA) is 50.7 Å². The van der Waals surface area contributed by atoms with E-state index >= 15 is 0 Å². The molecule has 0 spiro atoms. The van der Waals surface area contributed by atoms with E-state index in [0.29, 0.717) is 19.1 Å². The van der Waals surface area contributed by atoms with Crippen molar-refractivity contribution < 1.29 is 9.53 Å². The fourth-order valence-corrected chi connectivity index (χ4v) is 4.19. The van der Waals surface area contributed by atoms with E-state index in [0.717, 1.165) is 28.8 Å². The number of nitrogens with zero attached hydrogens (tertiary/aromatic N) is 1. The Balaban J connectivity index is 1.79. The average molecular weight is 403 g/mol. The average Bonchev–Trinajstić information content (AvgIpc) is 2.70. The number of carbonyl (C=O) groups excluding carboxylic acids is 1. The molecule has 1 N–H and O–H groups in total. The van der Waals surface area contributed by atoms with Crippen LogP contribution in [0.1, 0.15) is 57.4 Å². The van der Waals surface area contributed by atoms with Gasteiger partial charge in [-0.1, -0.05) is 43.3 Å². The van der Waals surface area contributed by atoms with Gasteiger partial charge in [-0.25, -0.2) is 0 Å². The predicted molar refractivity (Wildman–Crippen MR) is 121 cm³/mol. The maximum absolute atomic E-state index is 12.9. The van der Waals surface area contributed by atoms with Gasteiger partial charge < -0.3 is 10.1 Å². The molecule has 4 rings (SSSR count). The van der Waals surface area contributed by atoms with Crippen molar-refractivity contribution >= 4 is 12.1 Å². The number of hydrogen-bond donors (Lipinski definition) is 1. The Morgan fingerprint density at radius 3 is 2.40 bits per heavy atom. The number of benzene rings is 2. The molecular weight excluding hydrogens is 372 g/mol. The number of rotatable bonds is 5. The second-order valence-corrected chi connectivity index (χ2v) is 8.57. The summed E-state index contributed by atoms with van der Waals surface area (Å²) in [5.74, 6) is 0.432. The van der Waals surface area contributed by atoms with Gasteiger partial charge in [0.25, 0.3) is 5.91 Å². The highest BCUT2D eigenvalue weighted by atomic mass is 16.5. The third-order valence-corrected chi connectivity index (χ3v) is 6.33. The number of aryl methyl sites for hydroxylation is 1. The molecular formula is C26H30N2O2. The zero-order valence-corrected chi connectivity index (χ0v) is 18.2. The molecule has 4 heteroatoms. The molecule has 30 heavy (non-hydrogen) atoms. The summed E-state index contributed by atoms with van der Waals surface area (Å²) in [6, 6.07) is 12.6. The molecule has 0 radical (unpaired) electrons. The number of ether oxygens (including phenoxy) is 1. The van der Waals surface area contributed by atoms with Crippen LogP contribution in [0.15, 0.2) is 53.2 Å². The first-order chi connectivity index (χ1) is 14.5. The number of aliphatic imine (C=N–C) groups is 1. The van der Waals surface area contributed by atoms with Gasteiger partial charge in [-0.3, -0.25) is 9.79 Å². The van der Waals surface area contributed by atoms with Crippen LogP contribution in [-0.4, -0.2) is 31.4 Å². The summed E-state index contributed by atoms with van der Waals surface area (Å²) in [4.78, 5) is 17.7. The molecule has 2 aliphatic rings. The van der Waals surface area contributed by atoms with Crippen LogP contribution < -0.4 is 5.32 Å². The molecule has 1 amide bonds. The number of allylic oxidation sites excluding steroid dienone is 2. The lowest BCUT2D eigenvalue weighted by atomic mass is 9.80. The van der Waals surface area contributed by atoms with Gasteiger partial charge in [0.05, 0.1) is 25.2 Å². The largest absolute Gasteiger partial charge is 0.377 e. The highest BCUT2D eigenvalue weighted by Gasteiger charge is 2.27. The SMILES string of the molecule is Cc1cccc(C(C2=CCC(C)C=N2)c2cccc(C(=O)NC3COC3)c2C)c1C. The Bertz CT molecular complexity index is 1020. The molecule has 0 aliphatic carbocycles. The molecule has 2 aromatic rings. The van der Waals surface area contributed by atoms with Crippen molar-refractivity contribution in [3.63, 3.8) is 0 Å². The van der Waals surface area contributed by atoms with Crippen molar-refractivity contribution in [1.82, 2.24) is 5.32 Å². The molecule has 0 bridgehead atoms. The highest BCUT2D eigenvalue weighted by molar-refractivity contribution is 5.96. The zero-order chi connectivity index (χ0) is 21.3. The quantitative estimate of drug-likeness (QED) is 0.776. The van der Waals surface area contributed by atoms with Crippen LogP contribution in [0, 0.1) is 26.7 Å². The van der Waals surface area contributed by atoms with Gasteiger partial charge in [-0.15, -0.1) is 0 Å². The molecule has 2 aromatic carbocycles. The standard InChI is InChI=1S/C26H30N2O2/c1-16-11-12-24(27-13-16)25(21-8-5-7-17(2)18(21)3)22-9-6-10-23(19(22)4)26(29)28-20-14-30-15-20/h5-10,12-13,16,20,25H,11,14-15H2,1-4H3,(H,28,29). The van der Waals surface area contributed by atoms with E-state index in [-0.39, 0.29) is 17.9 Å². The second kappa shape index (κ2) is 8.57. The van der Waals surface area contributed by atoms with Gasteiger partial charge in [0, 0.05) is 17.5 Å². The van der Waals surface area contributed by atoms with Crippen LogP contribution >= 0.6 is 0 Å². The number of nitrogens with one attached hydrogen (secondary N) is 1. The molecule has 1 saturated heterocycles. The summed E-state index contributed by atoms with van der Waals surface area (Å²) >= 11 is 0. The highest BCUT2D eigenvalue weighted by Crippen LogP contribution is 2.39. The Labute approximate surface area is 179 Å². The van der Waals surface area contributed by atoms with Crippen molar-refractivity contribution in [1.29, 1.82) is 0 Å². The number of carbonyl (C=O) groups is 1. The minimum absolute atomic E-state index is 0.00781. The van der Waals surface area contributed by atoms with E-state index in [1.165, 1.54) is 16.7 Å². The molecule has 2 unspecified atom stereocenters. The minimum Gasteiger partial charge on any atom is -0.377 e. The van der Waals surface area contributed by atoms with E-state index in [1.807, 2.05) is 12.1 Å². The molecule has 0 saturated carbocycles. The molecule has 156 valence electrons. The fourth-order valence-electron chi connectivity index (χ4n) is 4.19. The maximum Gasteiger partial charge on any atom is 0.251 e. The molecule has 0 aromatic heterocycles. The van der Waals surface area contributed by atoms with Crippen molar-refractivity contribution in [3.05, 3.63) is 81.6 Å². The Kier molecular flexibility index (Phi) is 5.87. The smallest absolute Gasteiger partial charge is 0.251 e. The molecule has 1 fully saturated rings. The zero-order valence-electron chi connectivity index (χ0n) is 18.2. The van der Waals surface area contributed by atoms with Gasteiger partial charge >= 0.3 is 0 Å². The Morgan fingerprint density at radius 2 is 1.77 bits per heavy atom. The predicted octanol–water partition coefficient (Wildman–Crippen LogP) is 4.87. The van der Waals surface area contributed by atoms with Crippen LogP contribution in [0.4, 0.5) is 0 Å². The van der Waals surface area contributed by atoms with Crippen molar-refractivity contribution in [2.75, 3.05) is 13.2 Å². The van der Waals surface area contributed by atoms with E-state index < -0.39 is 0 Å². The van der Waals surface area contributed by atoms with Gasteiger partial charge in [-0.05, 0) is 67.0 Å². The van der Waals surface area contributed by atoms with Crippen LogP contribution in [-0.2, 0) is 4.74 Å². The fraction of sp³-hybridized carbons (Fsp3) is 0.385. The summed E-state index contributed by atoms with van der Waals surface area (Å²) in [6.45, 7) is 9.74. The van der Waals surface area contributed by atoms with Crippen LogP contribution in [0.25, 0.3) is 0 Å². The first-order valence-corrected chi connectivity index (χ1v) is 10.7. The van der Waals surface area contributed by atoms with Crippen LogP contribution in [0.5, 0.6) is 0 Å². The van der Waals surface area contributed by atoms with Crippen molar-refractivity contribution in [2.45, 2.75) is 46.1 Å². The normalized spacial score (nSPS) is 19.7. The summed E-state index contributed by atoms with van der Waals surface area (Å²) in [6.07, 6.45) is 5.30. The lowest BCUT2D eigenvalue weighted by Gasteiger charge is -2.28. The summed E-state index contributed by atoms with van der Waals surface area (Å²) < 4.78 is 5.20. The molecule has 2 aliphatic heterocycles. The maximum atomic E-state index is 12.9. The van der Waals surface area contributed by atoms with Gasteiger partial charge in [0.2, 0.25) is 0 Å². The first kappa shape index (κ1) is 20.5. The van der Waals surface area contributed by atoms with Gasteiger partial charge in [0.15, 0.2) is 0 Å². The summed E-state index contributed by atoms with van der Waals surface area (Å²) in [5, 5.41) is 3.08. The monoisotopic (exact) mass is 402 g/mol. The summed E-state index contributed by atoms with van der Waals surface area (Å²) in [5.41, 5.74) is 7.73. The first-order valence-electron chi connectivity index (χ1n) is 10.7. The van der Waals surface area contributed by atoms with Crippen molar-refractivity contribution in [2.24, 2.45) is 10.9 Å². The number of hydrogen-bond acceptors (Lipinski definition) is 3. The van der Waals surface area contributed by atoms with Gasteiger partial charge in [0.1, 0.15) is 0 Å². The lowest BCUT2D eigenvalue weighted by molar-refractivity contribution is -0.00347. The van der Waals surface area contributed by atoms with Crippen LogP contribution in [0.2, 0.25) is 0 Å². The Morgan fingerprint density at radius 1 is 1.07 bits per heavy atom. The Hall–Kier alpha value is -2.72. The van der Waals surface area contributed by atoms with E-state index in [1.54, 1.807) is 0 Å². The van der Waals surface area contributed by atoms with Crippen LogP contribution in [0.3, 0.4) is 0 Å². The molecule has 2 heterocycles. The molecule has 2 atom stereocenters. The van der Waals surface area contributed by atoms with E-state index in [4.69, 9.17) is 9.73 Å². The van der Waals surface area contributed by atoms with Crippen molar-refractivity contribution in [3.8, 4) is 0 Å². The molecule has 4 nitrogen and oxygen atoms in total. The second-order valence-electron chi connectivity index (χ2n) is 8.57. The minimum atomic E-state index is -0.0305. The summed E-state index contributed by atoms with van der Waals surface area (Å²) in [7, 11) is 0. The van der Waals surface area contributed by atoms with E-state index in [9.17, 15) is 4.79 Å².